The van der Waals surface area contributed by atoms with Crippen molar-refractivity contribution in [3.8, 4) is 5.69 Å². The number of nitrogens with one attached hydrogen (secondary N) is 1. The predicted octanol–water partition coefficient (Wildman–Crippen LogP) is 3.59. The summed E-state index contributed by atoms with van der Waals surface area (Å²) in [7, 11) is 0. The highest BCUT2D eigenvalue weighted by Crippen LogP contribution is 2.29. The van der Waals surface area contributed by atoms with Crippen molar-refractivity contribution in [3.63, 3.8) is 0 Å². The molecule has 1 atom stereocenters. The van der Waals surface area contributed by atoms with E-state index in [1.54, 1.807) is 41.5 Å². The normalized spacial score (nSPS) is 12.7. The van der Waals surface area contributed by atoms with Crippen LogP contribution in [0.5, 0.6) is 0 Å². The van der Waals surface area contributed by atoms with E-state index in [0.29, 0.717) is 16.4 Å². The minimum atomic E-state index is -2.44. The number of hydrogen-bond donors (Lipinski definition) is 1. The molecule has 1 aromatic carbocycles. The van der Waals surface area contributed by atoms with Crippen molar-refractivity contribution in [2.45, 2.75) is 19.4 Å². The van der Waals surface area contributed by atoms with Gasteiger partial charge in [0, 0.05) is 12.4 Å². The lowest BCUT2D eigenvalue weighted by Crippen LogP contribution is -2.24. The van der Waals surface area contributed by atoms with E-state index in [-0.39, 0.29) is 0 Å². The first kappa shape index (κ1) is 12.8. The monoisotopic (exact) mass is 271 g/mol. The Morgan fingerprint density at radius 2 is 2.17 bits per heavy atom. The van der Waals surface area contributed by atoms with Gasteiger partial charge in [0.2, 0.25) is 0 Å². The molecule has 96 valence electrons. The van der Waals surface area contributed by atoms with Crippen molar-refractivity contribution in [2.75, 3.05) is 5.32 Å². The van der Waals surface area contributed by atoms with Gasteiger partial charge in [-0.3, -0.25) is 0 Å². The second-order valence-corrected chi connectivity index (χ2v) is 4.28. The first-order valence-electron chi connectivity index (χ1n) is 5.41. The van der Waals surface area contributed by atoms with Crippen molar-refractivity contribution >= 4 is 17.3 Å². The Hall–Kier alpha value is -1.62. The summed E-state index contributed by atoms with van der Waals surface area (Å²) in [5.74, 6) is 0. The molecule has 1 heterocycles. The zero-order valence-corrected chi connectivity index (χ0v) is 10.4. The fourth-order valence-corrected chi connectivity index (χ4v) is 1.87. The van der Waals surface area contributed by atoms with Crippen molar-refractivity contribution in [1.29, 1.82) is 0 Å². The number of nitrogens with zero attached hydrogens (tertiary/aromatic N) is 2. The van der Waals surface area contributed by atoms with E-state index in [2.05, 4.69) is 10.3 Å². The van der Waals surface area contributed by atoms with Crippen LogP contribution in [0.2, 0.25) is 5.02 Å². The van der Waals surface area contributed by atoms with E-state index in [9.17, 15) is 8.78 Å². The second kappa shape index (κ2) is 5.35. The van der Waals surface area contributed by atoms with Gasteiger partial charge in [0.25, 0.3) is 6.43 Å². The largest absolute Gasteiger partial charge is 0.375 e. The molecule has 0 amide bonds. The maximum Gasteiger partial charge on any atom is 0.258 e. The van der Waals surface area contributed by atoms with Crippen molar-refractivity contribution in [2.24, 2.45) is 0 Å². The van der Waals surface area contributed by atoms with E-state index < -0.39 is 12.5 Å². The van der Waals surface area contributed by atoms with E-state index in [1.807, 2.05) is 0 Å². The Kier molecular flexibility index (Phi) is 3.81. The van der Waals surface area contributed by atoms with Crippen LogP contribution < -0.4 is 5.32 Å². The third kappa shape index (κ3) is 2.61. The molecule has 1 aromatic heterocycles. The number of rotatable bonds is 4. The number of imidazole rings is 1. The first-order chi connectivity index (χ1) is 8.59. The van der Waals surface area contributed by atoms with Crippen LogP contribution in [0.15, 0.2) is 36.9 Å². The van der Waals surface area contributed by atoms with Crippen molar-refractivity contribution in [1.82, 2.24) is 9.55 Å². The zero-order valence-electron chi connectivity index (χ0n) is 9.65. The van der Waals surface area contributed by atoms with Crippen LogP contribution in [0.4, 0.5) is 14.5 Å². The number of anilines is 1. The number of aromatic nitrogens is 2. The van der Waals surface area contributed by atoms with E-state index >= 15 is 0 Å². The Labute approximate surface area is 108 Å². The number of para-hydroxylation sites is 1. The highest BCUT2D eigenvalue weighted by molar-refractivity contribution is 6.33. The SMILES string of the molecule is CC(Nc1cccc(Cl)c1-n1ccnc1)C(F)F. The third-order valence-corrected chi connectivity index (χ3v) is 2.82. The number of alkyl halides is 2. The highest BCUT2D eigenvalue weighted by Gasteiger charge is 2.17. The lowest BCUT2D eigenvalue weighted by Gasteiger charge is -2.18. The lowest BCUT2D eigenvalue weighted by molar-refractivity contribution is 0.131. The first-order valence-corrected chi connectivity index (χ1v) is 5.79. The molecule has 1 unspecified atom stereocenters. The average molecular weight is 272 g/mol. The fraction of sp³-hybridized carbons (Fsp3) is 0.250. The molecule has 0 aliphatic rings. The van der Waals surface area contributed by atoms with Crippen LogP contribution in [-0.4, -0.2) is 22.0 Å². The van der Waals surface area contributed by atoms with E-state index in [4.69, 9.17) is 11.6 Å². The molecular formula is C12H12ClF2N3. The standard InChI is InChI=1S/C12H12ClF2N3/c1-8(12(14)15)17-10-4-2-3-9(13)11(10)18-6-5-16-7-18/h2-8,12,17H,1H3. The van der Waals surface area contributed by atoms with Gasteiger partial charge in [-0.25, -0.2) is 13.8 Å². The topological polar surface area (TPSA) is 29.9 Å². The number of halogens is 3. The van der Waals surface area contributed by atoms with Crippen LogP contribution in [-0.2, 0) is 0 Å². The summed E-state index contributed by atoms with van der Waals surface area (Å²) in [6.07, 6.45) is 2.43. The van der Waals surface area contributed by atoms with Crippen LogP contribution in [0, 0.1) is 0 Å². The second-order valence-electron chi connectivity index (χ2n) is 3.87. The molecule has 18 heavy (non-hydrogen) atoms. The summed E-state index contributed by atoms with van der Waals surface area (Å²) in [5.41, 5.74) is 1.16. The minimum absolute atomic E-state index is 0.472. The molecule has 0 spiro atoms. The third-order valence-electron chi connectivity index (χ3n) is 2.51. The highest BCUT2D eigenvalue weighted by atomic mass is 35.5. The lowest BCUT2D eigenvalue weighted by atomic mass is 10.2. The van der Waals surface area contributed by atoms with Gasteiger partial charge in [0.15, 0.2) is 0 Å². The summed E-state index contributed by atoms with van der Waals surface area (Å²) < 4.78 is 26.8. The molecule has 0 saturated heterocycles. The van der Waals surface area contributed by atoms with Crippen LogP contribution in [0.25, 0.3) is 5.69 Å². The number of hydrogen-bond acceptors (Lipinski definition) is 2. The maximum atomic E-state index is 12.6. The molecule has 0 saturated carbocycles. The molecule has 2 aromatic rings. The summed E-state index contributed by atoms with van der Waals surface area (Å²) >= 11 is 6.11. The minimum Gasteiger partial charge on any atom is -0.375 e. The van der Waals surface area contributed by atoms with Gasteiger partial charge in [-0.2, -0.15) is 0 Å². The quantitative estimate of drug-likeness (QED) is 0.921. The Balaban J connectivity index is 2.39. The molecule has 0 aliphatic carbocycles. The average Bonchev–Trinajstić information content (AvgIpc) is 2.82. The fourth-order valence-electron chi connectivity index (χ4n) is 1.59. The summed E-state index contributed by atoms with van der Waals surface area (Å²) in [6, 6.07) is 4.17. The van der Waals surface area contributed by atoms with Crippen LogP contribution in [0.1, 0.15) is 6.92 Å². The molecule has 1 N–H and O–H groups in total. The van der Waals surface area contributed by atoms with Crippen molar-refractivity contribution in [3.05, 3.63) is 41.9 Å². The van der Waals surface area contributed by atoms with Gasteiger partial charge < -0.3 is 9.88 Å². The molecule has 2 rings (SSSR count). The molecule has 0 bridgehead atoms. The van der Waals surface area contributed by atoms with Crippen molar-refractivity contribution < 1.29 is 8.78 Å². The van der Waals surface area contributed by atoms with Gasteiger partial charge in [0.05, 0.1) is 28.8 Å². The maximum absolute atomic E-state index is 12.6. The van der Waals surface area contributed by atoms with Gasteiger partial charge in [0.1, 0.15) is 0 Å². The number of benzene rings is 1. The Morgan fingerprint density at radius 1 is 1.39 bits per heavy atom. The summed E-state index contributed by atoms with van der Waals surface area (Å²) in [6.45, 7) is 1.42. The molecule has 0 fully saturated rings. The van der Waals surface area contributed by atoms with E-state index in [1.165, 1.54) is 6.92 Å². The zero-order chi connectivity index (χ0) is 13.1. The van der Waals surface area contributed by atoms with Gasteiger partial charge in [-0.05, 0) is 19.1 Å². The molecular weight excluding hydrogens is 260 g/mol. The Morgan fingerprint density at radius 3 is 2.78 bits per heavy atom. The molecule has 3 nitrogen and oxygen atoms in total. The summed E-state index contributed by atoms with van der Waals surface area (Å²) in [4.78, 5) is 3.92. The van der Waals surface area contributed by atoms with Gasteiger partial charge >= 0.3 is 0 Å². The van der Waals surface area contributed by atoms with Gasteiger partial charge in [-0.1, -0.05) is 17.7 Å². The smallest absolute Gasteiger partial charge is 0.258 e. The van der Waals surface area contributed by atoms with Crippen LogP contribution >= 0.6 is 11.6 Å². The molecule has 0 radical (unpaired) electrons. The van der Waals surface area contributed by atoms with Gasteiger partial charge in [-0.15, -0.1) is 0 Å². The predicted molar refractivity (Wildman–Crippen MR) is 67.7 cm³/mol. The Bertz CT molecular complexity index is 514. The molecule has 6 heteroatoms. The molecule has 0 aliphatic heterocycles. The summed E-state index contributed by atoms with van der Waals surface area (Å²) in [5, 5.41) is 3.23. The van der Waals surface area contributed by atoms with Crippen LogP contribution in [0.3, 0.4) is 0 Å². The van der Waals surface area contributed by atoms with E-state index in [0.717, 1.165) is 0 Å².